The van der Waals surface area contributed by atoms with E-state index in [2.05, 4.69) is 28.1 Å². The monoisotopic (exact) mass is 322 g/mol. The predicted octanol–water partition coefficient (Wildman–Crippen LogP) is 3.19. The van der Waals surface area contributed by atoms with Crippen molar-refractivity contribution in [3.05, 3.63) is 71.9 Å². The highest BCUT2D eigenvalue weighted by Gasteiger charge is 2.11. The van der Waals surface area contributed by atoms with E-state index >= 15 is 0 Å². The second-order valence-electron chi connectivity index (χ2n) is 5.99. The molecule has 2 N–H and O–H groups in total. The summed E-state index contributed by atoms with van der Waals surface area (Å²) in [5.74, 6) is -0.0552. The van der Waals surface area contributed by atoms with E-state index < -0.39 is 6.10 Å². The topological polar surface area (TPSA) is 54.3 Å². The van der Waals surface area contributed by atoms with Gasteiger partial charge in [-0.3, -0.25) is 4.79 Å². The number of aromatic nitrogens is 1. The molecule has 3 rings (SSSR count). The molecule has 0 saturated heterocycles. The molecule has 0 radical (unpaired) electrons. The number of carbonyl (C=O) groups is 1. The summed E-state index contributed by atoms with van der Waals surface area (Å²) in [7, 11) is 0. The molecule has 0 aliphatic carbocycles. The van der Waals surface area contributed by atoms with Crippen molar-refractivity contribution in [2.45, 2.75) is 26.0 Å². The number of nitrogens with one attached hydrogen (secondary N) is 1. The number of aliphatic hydroxyl groups is 1. The number of hydrogen-bond acceptors (Lipinski definition) is 2. The van der Waals surface area contributed by atoms with Gasteiger partial charge in [-0.25, -0.2) is 0 Å². The molecule has 0 spiro atoms. The molecule has 1 heterocycles. The average Bonchev–Trinajstić information content (AvgIpc) is 3.01. The van der Waals surface area contributed by atoms with E-state index in [1.165, 1.54) is 5.39 Å². The molecule has 0 aliphatic heterocycles. The SMILES string of the molecule is Cc1ccccc1C(O)CNC(=O)CCn1ccc2ccccc21. The molecular weight excluding hydrogens is 300 g/mol. The van der Waals surface area contributed by atoms with Gasteiger partial charge < -0.3 is 15.0 Å². The lowest BCUT2D eigenvalue weighted by Gasteiger charge is -2.14. The molecule has 0 fully saturated rings. The van der Waals surface area contributed by atoms with Crippen LogP contribution in [0.4, 0.5) is 0 Å². The van der Waals surface area contributed by atoms with Crippen LogP contribution in [0.25, 0.3) is 10.9 Å². The van der Waals surface area contributed by atoms with Crippen molar-refractivity contribution in [3.8, 4) is 0 Å². The Morgan fingerprint density at radius 3 is 2.71 bits per heavy atom. The molecule has 24 heavy (non-hydrogen) atoms. The summed E-state index contributed by atoms with van der Waals surface area (Å²) in [4.78, 5) is 12.1. The minimum absolute atomic E-state index is 0.0552. The van der Waals surface area contributed by atoms with Crippen molar-refractivity contribution >= 4 is 16.8 Å². The molecule has 124 valence electrons. The molecular formula is C20H22N2O2. The maximum Gasteiger partial charge on any atom is 0.221 e. The molecule has 1 aromatic heterocycles. The maximum absolute atomic E-state index is 12.1. The molecule has 4 heteroatoms. The first-order valence-corrected chi connectivity index (χ1v) is 8.19. The van der Waals surface area contributed by atoms with Crippen LogP contribution in [-0.2, 0) is 11.3 Å². The number of aliphatic hydroxyl groups excluding tert-OH is 1. The molecule has 0 bridgehead atoms. The Morgan fingerprint density at radius 1 is 1.12 bits per heavy atom. The lowest BCUT2D eigenvalue weighted by atomic mass is 10.0. The van der Waals surface area contributed by atoms with Gasteiger partial charge in [-0.15, -0.1) is 0 Å². The zero-order chi connectivity index (χ0) is 16.9. The molecule has 1 unspecified atom stereocenters. The van der Waals surface area contributed by atoms with E-state index in [1.807, 2.05) is 49.5 Å². The molecule has 3 aromatic rings. The van der Waals surface area contributed by atoms with Crippen molar-refractivity contribution in [2.24, 2.45) is 0 Å². The Hall–Kier alpha value is -2.59. The number of amides is 1. The van der Waals surface area contributed by atoms with Gasteiger partial charge in [-0.05, 0) is 35.6 Å². The third kappa shape index (κ3) is 3.66. The normalized spacial score (nSPS) is 12.2. The first-order chi connectivity index (χ1) is 11.6. The average molecular weight is 322 g/mol. The van der Waals surface area contributed by atoms with Crippen LogP contribution < -0.4 is 5.32 Å². The fourth-order valence-corrected chi connectivity index (χ4v) is 2.93. The van der Waals surface area contributed by atoms with Crippen molar-refractivity contribution in [1.82, 2.24) is 9.88 Å². The molecule has 1 atom stereocenters. The number of benzene rings is 2. The van der Waals surface area contributed by atoms with Gasteiger partial charge in [0.1, 0.15) is 0 Å². The zero-order valence-electron chi connectivity index (χ0n) is 13.8. The van der Waals surface area contributed by atoms with Gasteiger partial charge >= 0.3 is 0 Å². The first-order valence-electron chi connectivity index (χ1n) is 8.19. The van der Waals surface area contributed by atoms with Crippen LogP contribution in [0.15, 0.2) is 60.8 Å². The Labute approximate surface area is 141 Å². The van der Waals surface area contributed by atoms with Crippen molar-refractivity contribution < 1.29 is 9.90 Å². The van der Waals surface area contributed by atoms with Gasteiger partial charge in [0.2, 0.25) is 5.91 Å². The number of rotatable bonds is 6. The smallest absolute Gasteiger partial charge is 0.221 e. The molecule has 0 saturated carbocycles. The van der Waals surface area contributed by atoms with Crippen LogP contribution in [-0.4, -0.2) is 22.1 Å². The fourth-order valence-electron chi connectivity index (χ4n) is 2.93. The van der Waals surface area contributed by atoms with Crippen LogP contribution in [0.1, 0.15) is 23.7 Å². The van der Waals surface area contributed by atoms with Gasteiger partial charge in [-0.1, -0.05) is 42.5 Å². The second-order valence-corrected chi connectivity index (χ2v) is 5.99. The second kappa shape index (κ2) is 7.32. The van der Waals surface area contributed by atoms with Crippen LogP contribution in [0.3, 0.4) is 0 Å². The van der Waals surface area contributed by atoms with E-state index in [1.54, 1.807) is 0 Å². The highest BCUT2D eigenvalue weighted by molar-refractivity contribution is 5.80. The summed E-state index contributed by atoms with van der Waals surface area (Å²) in [6, 6.07) is 17.8. The molecule has 1 amide bonds. The van der Waals surface area contributed by atoms with Crippen LogP contribution in [0, 0.1) is 6.92 Å². The quantitative estimate of drug-likeness (QED) is 0.732. The summed E-state index contributed by atoms with van der Waals surface area (Å²) in [5, 5.41) is 14.2. The lowest BCUT2D eigenvalue weighted by Crippen LogP contribution is -2.29. The molecule has 4 nitrogen and oxygen atoms in total. The number of aryl methyl sites for hydroxylation is 2. The van der Waals surface area contributed by atoms with E-state index in [4.69, 9.17) is 0 Å². The lowest BCUT2D eigenvalue weighted by molar-refractivity contribution is -0.121. The summed E-state index contributed by atoms with van der Waals surface area (Å²) >= 11 is 0. The Bertz CT molecular complexity index is 838. The summed E-state index contributed by atoms with van der Waals surface area (Å²) in [6.45, 7) is 2.81. The van der Waals surface area contributed by atoms with Crippen molar-refractivity contribution in [1.29, 1.82) is 0 Å². The van der Waals surface area contributed by atoms with Crippen LogP contribution >= 0.6 is 0 Å². The van der Waals surface area contributed by atoms with Gasteiger partial charge in [0.25, 0.3) is 0 Å². The van der Waals surface area contributed by atoms with E-state index in [9.17, 15) is 9.90 Å². The van der Waals surface area contributed by atoms with E-state index in [0.29, 0.717) is 13.0 Å². The van der Waals surface area contributed by atoms with Crippen molar-refractivity contribution in [3.63, 3.8) is 0 Å². The number of fused-ring (bicyclic) bond motifs is 1. The fraction of sp³-hybridized carbons (Fsp3) is 0.250. The maximum atomic E-state index is 12.1. The molecule has 0 aliphatic rings. The number of para-hydroxylation sites is 1. The Morgan fingerprint density at radius 2 is 1.88 bits per heavy atom. The standard InChI is InChI=1S/C20H22N2O2/c1-15-6-2-4-8-17(15)19(23)14-21-20(24)11-13-22-12-10-16-7-3-5-9-18(16)22/h2-10,12,19,23H,11,13-14H2,1H3,(H,21,24). The number of carbonyl (C=O) groups excluding carboxylic acids is 1. The first kappa shape index (κ1) is 16.3. The summed E-state index contributed by atoms with van der Waals surface area (Å²) in [6.07, 6.45) is 1.71. The van der Waals surface area contributed by atoms with Gasteiger partial charge in [0.15, 0.2) is 0 Å². The third-order valence-corrected chi connectivity index (χ3v) is 4.30. The summed E-state index contributed by atoms with van der Waals surface area (Å²) in [5.41, 5.74) is 3.01. The van der Waals surface area contributed by atoms with E-state index in [-0.39, 0.29) is 12.5 Å². The van der Waals surface area contributed by atoms with Gasteiger partial charge in [0.05, 0.1) is 6.10 Å². The number of nitrogens with zero attached hydrogens (tertiary/aromatic N) is 1. The Kier molecular flexibility index (Phi) is 4.96. The van der Waals surface area contributed by atoms with E-state index in [0.717, 1.165) is 16.6 Å². The van der Waals surface area contributed by atoms with Gasteiger partial charge in [-0.2, -0.15) is 0 Å². The van der Waals surface area contributed by atoms with Crippen LogP contribution in [0.5, 0.6) is 0 Å². The van der Waals surface area contributed by atoms with Gasteiger partial charge in [0, 0.05) is 31.2 Å². The van der Waals surface area contributed by atoms with Crippen molar-refractivity contribution in [2.75, 3.05) is 6.54 Å². The summed E-state index contributed by atoms with van der Waals surface area (Å²) < 4.78 is 2.08. The highest BCUT2D eigenvalue weighted by Crippen LogP contribution is 2.17. The molecule has 2 aromatic carbocycles. The zero-order valence-corrected chi connectivity index (χ0v) is 13.8. The van der Waals surface area contributed by atoms with Crippen LogP contribution in [0.2, 0.25) is 0 Å². The third-order valence-electron chi connectivity index (χ3n) is 4.30. The highest BCUT2D eigenvalue weighted by atomic mass is 16.3. The predicted molar refractivity (Wildman–Crippen MR) is 95.7 cm³/mol. The minimum atomic E-state index is -0.678. The Balaban J connectivity index is 1.52. The minimum Gasteiger partial charge on any atom is -0.387 e. The number of hydrogen-bond donors (Lipinski definition) is 2. The largest absolute Gasteiger partial charge is 0.387 e.